The zero-order chi connectivity index (χ0) is 13.8. The van der Waals surface area contributed by atoms with E-state index in [4.69, 9.17) is 23.2 Å². The van der Waals surface area contributed by atoms with Crippen LogP contribution < -0.4 is 5.32 Å². The number of nitrogens with one attached hydrogen (secondary N) is 1. The van der Waals surface area contributed by atoms with E-state index < -0.39 is 12.0 Å². The number of amides is 1. The Morgan fingerprint density at radius 3 is 2.63 bits per heavy atom. The zero-order valence-electron chi connectivity index (χ0n) is 9.64. The first kappa shape index (κ1) is 13.9. The second-order valence-electron chi connectivity index (χ2n) is 3.75. The van der Waals surface area contributed by atoms with Gasteiger partial charge in [-0.1, -0.05) is 34.4 Å². The summed E-state index contributed by atoms with van der Waals surface area (Å²) < 4.78 is 4.55. The molecule has 100 valence electrons. The number of aromatic nitrogens is 1. The first-order valence-corrected chi connectivity index (χ1v) is 6.15. The molecule has 0 aliphatic carbocycles. The number of aliphatic hydroxyl groups is 1. The summed E-state index contributed by atoms with van der Waals surface area (Å²) in [5, 5.41) is 16.7. The molecule has 1 atom stereocenters. The molecule has 5 nitrogen and oxygen atoms in total. The SMILES string of the molecule is O=C(NCC(O)c1c(Cl)cccc1Cl)c1ccon1. The van der Waals surface area contributed by atoms with Crippen molar-refractivity contribution in [2.75, 3.05) is 6.54 Å². The van der Waals surface area contributed by atoms with E-state index in [0.717, 1.165) is 0 Å². The topological polar surface area (TPSA) is 75.4 Å². The predicted molar refractivity (Wildman–Crippen MR) is 70.3 cm³/mol. The third-order valence-corrected chi connectivity index (χ3v) is 3.12. The number of benzene rings is 1. The quantitative estimate of drug-likeness (QED) is 0.909. The number of carbonyl (C=O) groups excluding carboxylic acids is 1. The predicted octanol–water partition coefficient (Wildman–Crippen LogP) is 2.44. The summed E-state index contributed by atoms with van der Waals surface area (Å²) in [4.78, 5) is 11.6. The van der Waals surface area contributed by atoms with Crippen LogP contribution in [0.15, 0.2) is 35.1 Å². The maximum absolute atomic E-state index is 11.6. The summed E-state index contributed by atoms with van der Waals surface area (Å²) in [7, 11) is 0. The van der Waals surface area contributed by atoms with E-state index in [1.165, 1.54) is 12.3 Å². The fraction of sp³-hybridized carbons (Fsp3) is 0.167. The van der Waals surface area contributed by atoms with Gasteiger partial charge in [-0.05, 0) is 12.1 Å². The van der Waals surface area contributed by atoms with E-state index in [1.54, 1.807) is 18.2 Å². The van der Waals surface area contributed by atoms with Crippen LogP contribution in [0.5, 0.6) is 0 Å². The maximum Gasteiger partial charge on any atom is 0.273 e. The van der Waals surface area contributed by atoms with Gasteiger partial charge in [-0.25, -0.2) is 0 Å². The van der Waals surface area contributed by atoms with Gasteiger partial charge in [-0.2, -0.15) is 0 Å². The van der Waals surface area contributed by atoms with Crippen LogP contribution in [0.2, 0.25) is 10.0 Å². The molecule has 0 bridgehead atoms. The van der Waals surface area contributed by atoms with Gasteiger partial charge in [-0.3, -0.25) is 4.79 Å². The number of halogens is 2. The van der Waals surface area contributed by atoms with Gasteiger partial charge in [0.1, 0.15) is 6.26 Å². The Hall–Kier alpha value is -1.56. The van der Waals surface area contributed by atoms with Crippen LogP contribution in [0.1, 0.15) is 22.2 Å². The lowest BCUT2D eigenvalue weighted by Crippen LogP contribution is -2.28. The van der Waals surface area contributed by atoms with Crippen LogP contribution in [-0.4, -0.2) is 22.7 Å². The minimum Gasteiger partial charge on any atom is -0.386 e. The van der Waals surface area contributed by atoms with Crippen molar-refractivity contribution >= 4 is 29.1 Å². The molecule has 0 fully saturated rings. The van der Waals surface area contributed by atoms with Crippen molar-refractivity contribution in [1.82, 2.24) is 10.5 Å². The molecule has 1 aromatic carbocycles. The van der Waals surface area contributed by atoms with Crippen LogP contribution in [0.3, 0.4) is 0 Å². The highest BCUT2D eigenvalue weighted by atomic mass is 35.5. The Morgan fingerprint density at radius 2 is 2.05 bits per heavy atom. The Bertz CT molecular complexity index is 552. The first-order chi connectivity index (χ1) is 9.09. The molecule has 0 saturated carbocycles. The highest BCUT2D eigenvalue weighted by Crippen LogP contribution is 2.29. The molecule has 1 heterocycles. The number of carbonyl (C=O) groups is 1. The van der Waals surface area contributed by atoms with E-state index in [9.17, 15) is 9.90 Å². The molecule has 0 spiro atoms. The summed E-state index contributed by atoms with van der Waals surface area (Å²) in [6.07, 6.45) is 0.285. The zero-order valence-corrected chi connectivity index (χ0v) is 11.1. The molecular formula is C12H10Cl2N2O3. The monoisotopic (exact) mass is 300 g/mol. The molecule has 2 N–H and O–H groups in total. The average Bonchev–Trinajstić information content (AvgIpc) is 2.89. The van der Waals surface area contributed by atoms with E-state index >= 15 is 0 Å². The molecule has 19 heavy (non-hydrogen) atoms. The first-order valence-electron chi connectivity index (χ1n) is 5.40. The third kappa shape index (κ3) is 3.26. The Labute approximate surface area is 119 Å². The average molecular weight is 301 g/mol. The minimum absolute atomic E-state index is 0.0326. The van der Waals surface area contributed by atoms with Crippen molar-refractivity contribution in [3.8, 4) is 0 Å². The van der Waals surface area contributed by atoms with Crippen LogP contribution >= 0.6 is 23.2 Å². The molecule has 0 aliphatic rings. The highest BCUT2D eigenvalue weighted by molar-refractivity contribution is 6.36. The van der Waals surface area contributed by atoms with E-state index in [0.29, 0.717) is 15.6 Å². The summed E-state index contributed by atoms with van der Waals surface area (Å²) in [5.41, 5.74) is 0.517. The lowest BCUT2D eigenvalue weighted by molar-refractivity contribution is 0.0907. The van der Waals surface area contributed by atoms with Gasteiger partial charge in [0.15, 0.2) is 5.69 Å². The van der Waals surface area contributed by atoms with Crippen molar-refractivity contribution < 1.29 is 14.4 Å². The van der Waals surface area contributed by atoms with E-state index in [-0.39, 0.29) is 12.2 Å². The second-order valence-corrected chi connectivity index (χ2v) is 4.56. The maximum atomic E-state index is 11.6. The van der Waals surface area contributed by atoms with Crippen LogP contribution in [0.25, 0.3) is 0 Å². The third-order valence-electron chi connectivity index (χ3n) is 2.46. The summed E-state index contributed by atoms with van der Waals surface area (Å²) in [6.45, 7) is -0.0326. The molecule has 0 saturated heterocycles. The number of hydrogen-bond donors (Lipinski definition) is 2. The number of aliphatic hydroxyl groups excluding tert-OH is 1. The largest absolute Gasteiger partial charge is 0.386 e. The van der Waals surface area contributed by atoms with Crippen molar-refractivity contribution in [1.29, 1.82) is 0 Å². The molecule has 0 aliphatic heterocycles. The summed E-state index contributed by atoms with van der Waals surface area (Å²) >= 11 is 11.9. The fourth-order valence-corrected chi connectivity index (χ4v) is 2.19. The van der Waals surface area contributed by atoms with Crippen molar-refractivity contribution in [2.24, 2.45) is 0 Å². The standard InChI is InChI=1S/C12H10Cl2N2O3/c13-7-2-1-3-8(14)11(7)10(17)6-15-12(18)9-4-5-19-16-9/h1-5,10,17H,6H2,(H,15,18). The Balaban J connectivity index is 2.02. The van der Waals surface area contributed by atoms with Crippen LogP contribution in [0, 0.1) is 0 Å². The fourth-order valence-electron chi connectivity index (χ4n) is 1.54. The van der Waals surface area contributed by atoms with Gasteiger partial charge in [-0.15, -0.1) is 0 Å². The molecule has 2 aromatic rings. The highest BCUT2D eigenvalue weighted by Gasteiger charge is 2.17. The molecule has 1 aromatic heterocycles. The smallest absolute Gasteiger partial charge is 0.273 e. The molecular weight excluding hydrogens is 291 g/mol. The van der Waals surface area contributed by atoms with Gasteiger partial charge in [0.05, 0.1) is 6.10 Å². The Morgan fingerprint density at radius 1 is 1.37 bits per heavy atom. The summed E-state index contributed by atoms with van der Waals surface area (Å²) in [5.74, 6) is -0.448. The van der Waals surface area contributed by atoms with Gasteiger partial charge < -0.3 is 14.9 Å². The van der Waals surface area contributed by atoms with Gasteiger partial charge >= 0.3 is 0 Å². The molecule has 1 amide bonds. The Kier molecular flexibility index (Phi) is 4.42. The van der Waals surface area contributed by atoms with Crippen LogP contribution in [0.4, 0.5) is 0 Å². The van der Waals surface area contributed by atoms with Crippen molar-refractivity contribution in [3.05, 3.63) is 51.8 Å². The number of nitrogens with zero attached hydrogens (tertiary/aromatic N) is 1. The molecule has 7 heteroatoms. The van der Waals surface area contributed by atoms with E-state index in [2.05, 4.69) is 15.0 Å². The lowest BCUT2D eigenvalue weighted by atomic mass is 10.1. The molecule has 1 unspecified atom stereocenters. The van der Waals surface area contributed by atoms with Gasteiger partial charge in [0.25, 0.3) is 5.91 Å². The van der Waals surface area contributed by atoms with Crippen molar-refractivity contribution in [3.63, 3.8) is 0 Å². The molecule has 0 radical (unpaired) electrons. The van der Waals surface area contributed by atoms with Gasteiger partial charge in [0.2, 0.25) is 0 Å². The second kappa shape index (κ2) is 6.06. The number of hydrogen-bond acceptors (Lipinski definition) is 4. The molecule has 2 rings (SSSR count). The minimum atomic E-state index is -1.00. The lowest BCUT2D eigenvalue weighted by Gasteiger charge is -2.14. The van der Waals surface area contributed by atoms with E-state index in [1.807, 2.05) is 0 Å². The van der Waals surface area contributed by atoms with Crippen LogP contribution in [-0.2, 0) is 0 Å². The number of rotatable bonds is 4. The summed E-state index contributed by atoms with van der Waals surface area (Å²) in [6, 6.07) is 6.33. The normalized spacial score (nSPS) is 12.2. The van der Waals surface area contributed by atoms with Gasteiger partial charge in [0, 0.05) is 28.2 Å². The van der Waals surface area contributed by atoms with Crippen molar-refractivity contribution in [2.45, 2.75) is 6.10 Å².